The molecule has 1 saturated heterocycles. The highest BCUT2D eigenvalue weighted by atomic mass is 16.4. The van der Waals surface area contributed by atoms with E-state index in [1.807, 2.05) is 61.5 Å². The average molecular weight is 447 g/mol. The molecule has 33 heavy (non-hydrogen) atoms. The molecule has 1 aliphatic rings. The average Bonchev–Trinajstić information content (AvgIpc) is 3.30. The number of benzene rings is 2. The summed E-state index contributed by atoms with van der Waals surface area (Å²) in [6.45, 7) is 3.87. The SMILES string of the molecule is Cc1nnc(CN(C)C(=O)CC2(c3ccccc3C)CC(=O)N(Cc3ccccc3)C2=O)o1. The Bertz CT molecular complexity index is 1190. The van der Waals surface area contributed by atoms with Crippen LogP contribution in [0.5, 0.6) is 0 Å². The van der Waals surface area contributed by atoms with Crippen LogP contribution in [0.4, 0.5) is 0 Å². The fourth-order valence-electron chi connectivity index (χ4n) is 4.37. The second-order valence-corrected chi connectivity index (χ2v) is 8.49. The molecule has 1 unspecified atom stereocenters. The number of rotatable bonds is 7. The Morgan fingerprint density at radius 2 is 1.76 bits per heavy atom. The number of nitrogens with zero attached hydrogens (tertiary/aromatic N) is 4. The number of hydrogen-bond donors (Lipinski definition) is 0. The molecule has 2 heterocycles. The summed E-state index contributed by atoms with van der Waals surface area (Å²) in [6, 6.07) is 16.8. The molecule has 8 nitrogen and oxygen atoms in total. The molecule has 3 aromatic rings. The van der Waals surface area contributed by atoms with Gasteiger partial charge in [-0.1, -0.05) is 54.6 Å². The first-order valence-electron chi connectivity index (χ1n) is 10.8. The van der Waals surface area contributed by atoms with E-state index in [2.05, 4.69) is 10.2 Å². The Morgan fingerprint density at radius 1 is 1.06 bits per heavy atom. The van der Waals surface area contributed by atoms with Crippen LogP contribution in [0, 0.1) is 13.8 Å². The fraction of sp³-hybridized carbons (Fsp3) is 0.320. The van der Waals surface area contributed by atoms with E-state index in [4.69, 9.17) is 4.42 Å². The summed E-state index contributed by atoms with van der Waals surface area (Å²) in [6.07, 6.45) is -0.180. The number of amides is 3. The number of carbonyl (C=O) groups is 3. The summed E-state index contributed by atoms with van der Waals surface area (Å²) in [5.74, 6) is -0.184. The third-order valence-corrected chi connectivity index (χ3v) is 6.07. The summed E-state index contributed by atoms with van der Waals surface area (Å²) >= 11 is 0. The predicted molar refractivity (Wildman–Crippen MR) is 120 cm³/mol. The molecule has 2 aromatic carbocycles. The van der Waals surface area contributed by atoms with E-state index in [1.54, 1.807) is 14.0 Å². The lowest BCUT2D eigenvalue weighted by molar-refractivity contribution is -0.143. The van der Waals surface area contributed by atoms with Crippen molar-refractivity contribution in [2.45, 2.75) is 45.2 Å². The van der Waals surface area contributed by atoms with Crippen LogP contribution in [0.2, 0.25) is 0 Å². The van der Waals surface area contributed by atoms with Crippen LogP contribution in [0.15, 0.2) is 59.0 Å². The molecule has 0 bridgehead atoms. The minimum absolute atomic E-state index is 0.0528. The first kappa shape index (κ1) is 22.4. The molecule has 0 spiro atoms. The lowest BCUT2D eigenvalue weighted by Gasteiger charge is -2.30. The Kier molecular flexibility index (Phi) is 6.09. The molecule has 0 saturated carbocycles. The second kappa shape index (κ2) is 8.97. The van der Waals surface area contributed by atoms with E-state index in [-0.39, 0.29) is 43.7 Å². The Hall–Kier alpha value is -3.81. The van der Waals surface area contributed by atoms with Crippen LogP contribution in [0.25, 0.3) is 0 Å². The second-order valence-electron chi connectivity index (χ2n) is 8.49. The smallest absolute Gasteiger partial charge is 0.241 e. The van der Waals surface area contributed by atoms with Gasteiger partial charge in [0.1, 0.15) is 0 Å². The molecule has 3 amide bonds. The first-order chi connectivity index (χ1) is 15.8. The molecule has 8 heteroatoms. The molecule has 1 fully saturated rings. The minimum Gasteiger partial charge on any atom is -0.424 e. The van der Waals surface area contributed by atoms with Gasteiger partial charge in [-0.05, 0) is 23.6 Å². The lowest BCUT2D eigenvalue weighted by atomic mass is 9.74. The van der Waals surface area contributed by atoms with Gasteiger partial charge in [-0.2, -0.15) is 0 Å². The van der Waals surface area contributed by atoms with Crippen molar-refractivity contribution in [3.8, 4) is 0 Å². The van der Waals surface area contributed by atoms with Gasteiger partial charge in [-0.3, -0.25) is 19.3 Å². The van der Waals surface area contributed by atoms with E-state index < -0.39 is 5.41 Å². The van der Waals surface area contributed by atoms with E-state index in [0.29, 0.717) is 17.3 Å². The van der Waals surface area contributed by atoms with E-state index in [1.165, 1.54) is 9.80 Å². The molecule has 0 N–H and O–H groups in total. The van der Waals surface area contributed by atoms with Gasteiger partial charge >= 0.3 is 0 Å². The van der Waals surface area contributed by atoms with Crippen LogP contribution >= 0.6 is 0 Å². The third kappa shape index (κ3) is 4.41. The molecule has 170 valence electrons. The van der Waals surface area contributed by atoms with Gasteiger partial charge in [-0.15, -0.1) is 10.2 Å². The van der Waals surface area contributed by atoms with Crippen LogP contribution in [0.1, 0.15) is 41.3 Å². The Labute approximate surface area is 192 Å². The number of carbonyl (C=O) groups excluding carboxylic acids is 3. The standard InChI is InChI=1S/C25H26N4O4/c1-17-9-7-8-12-20(17)25(13-22(30)28(3)16-21-27-26-18(2)33-21)14-23(31)29(24(25)32)15-19-10-5-4-6-11-19/h4-12H,13-16H2,1-3H3. The highest BCUT2D eigenvalue weighted by molar-refractivity contribution is 6.10. The quantitative estimate of drug-likeness (QED) is 0.518. The minimum atomic E-state index is -1.26. The van der Waals surface area contributed by atoms with Crippen molar-refractivity contribution >= 4 is 17.7 Å². The van der Waals surface area contributed by atoms with Gasteiger partial charge in [0, 0.05) is 26.8 Å². The summed E-state index contributed by atoms with van der Waals surface area (Å²) in [5.41, 5.74) is 1.17. The lowest BCUT2D eigenvalue weighted by Crippen LogP contribution is -2.42. The van der Waals surface area contributed by atoms with E-state index in [0.717, 1.165) is 11.1 Å². The number of aryl methyl sites for hydroxylation is 2. The van der Waals surface area contributed by atoms with Crippen molar-refractivity contribution in [2.75, 3.05) is 7.05 Å². The largest absolute Gasteiger partial charge is 0.424 e. The van der Waals surface area contributed by atoms with Crippen molar-refractivity contribution in [1.29, 1.82) is 0 Å². The molecule has 0 aliphatic carbocycles. The normalized spacial score (nSPS) is 18.1. The first-order valence-corrected chi connectivity index (χ1v) is 10.8. The summed E-state index contributed by atoms with van der Waals surface area (Å²) in [7, 11) is 1.62. The highest BCUT2D eigenvalue weighted by Gasteiger charge is 2.54. The van der Waals surface area contributed by atoms with Crippen LogP contribution in [-0.4, -0.2) is 44.8 Å². The number of aromatic nitrogens is 2. The number of imide groups is 1. The summed E-state index contributed by atoms with van der Waals surface area (Å²) in [5, 5.41) is 7.72. The maximum absolute atomic E-state index is 13.8. The van der Waals surface area contributed by atoms with Gasteiger partial charge in [-0.25, -0.2) is 0 Å². The zero-order valence-corrected chi connectivity index (χ0v) is 18.9. The van der Waals surface area contributed by atoms with Crippen molar-refractivity contribution in [3.63, 3.8) is 0 Å². The van der Waals surface area contributed by atoms with Crippen LogP contribution in [-0.2, 0) is 32.9 Å². The molecule has 4 rings (SSSR count). The van der Waals surface area contributed by atoms with Gasteiger partial charge in [0.05, 0.1) is 18.5 Å². The monoisotopic (exact) mass is 446 g/mol. The van der Waals surface area contributed by atoms with Crippen molar-refractivity contribution < 1.29 is 18.8 Å². The molecule has 0 radical (unpaired) electrons. The maximum Gasteiger partial charge on any atom is 0.241 e. The number of likely N-dealkylation sites (tertiary alicyclic amines) is 1. The zero-order valence-electron chi connectivity index (χ0n) is 18.9. The molecule has 1 atom stereocenters. The van der Waals surface area contributed by atoms with Crippen molar-refractivity contribution in [2.24, 2.45) is 0 Å². The van der Waals surface area contributed by atoms with Crippen molar-refractivity contribution in [3.05, 3.63) is 83.1 Å². The number of hydrogen-bond acceptors (Lipinski definition) is 6. The Balaban J connectivity index is 1.65. The topological polar surface area (TPSA) is 96.6 Å². The molecule has 1 aromatic heterocycles. The molecular weight excluding hydrogens is 420 g/mol. The van der Waals surface area contributed by atoms with Gasteiger partial charge < -0.3 is 9.32 Å². The molecular formula is C25H26N4O4. The fourth-order valence-corrected chi connectivity index (χ4v) is 4.37. The van der Waals surface area contributed by atoms with Crippen LogP contribution < -0.4 is 0 Å². The predicted octanol–water partition coefficient (Wildman–Crippen LogP) is 2.93. The zero-order chi connectivity index (χ0) is 23.6. The summed E-state index contributed by atoms with van der Waals surface area (Å²) in [4.78, 5) is 42.9. The maximum atomic E-state index is 13.8. The van der Waals surface area contributed by atoms with Crippen LogP contribution in [0.3, 0.4) is 0 Å². The third-order valence-electron chi connectivity index (χ3n) is 6.07. The van der Waals surface area contributed by atoms with Crippen molar-refractivity contribution in [1.82, 2.24) is 20.0 Å². The van der Waals surface area contributed by atoms with E-state index >= 15 is 0 Å². The van der Waals surface area contributed by atoms with Gasteiger partial charge in [0.2, 0.25) is 29.5 Å². The summed E-state index contributed by atoms with van der Waals surface area (Å²) < 4.78 is 5.38. The Morgan fingerprint density at radius 3 is 2.42 bits per heavy atom. The van der Waals surface area contributed by atoms with Gasteiger partial charge in [0.15, 0.2) is 0 Å². The van der Waals surface area contributed by atoms with Gasteiger partial charge in [0.25, 0.3) is 0 Å². The van der Waals surface area contributed by atoms with E-state index in [9.17, 15) is 14.4 Å². The highest BCUT2D eigenvalue weighted by Crippen LogP contribution is 2.42. The molecule has 1 aliphatic heterocycles.